The molecule has 0 aliphatic heterocycles. The normalized spacial score (nSPS) is 10.8. The zero-order valence-electron chi connectivity index (χ0n) is 15.2. The van der Waals surface area contributed by atoms with E-state index in [9.17, 15) is 9.59 Å². The van der Waals surface area contributed by atoms with Crippen LogP contribution in [0.15, 0.2) is 70.2 Å². The molecule has 1 amide bonds. The molecule has 7 nitrogen and oxygen atoms in total. The molecule has 3 aromatic carbocycles. The van der Waals surface area contributed by atoms with Crippen LogP contribution < -0.4 is 14.9 Å². The van der Waals surface area contributed by atoms with Gasteiger partial charge in [0.05, 0.1) is 10.7 Å². The Morgan fingerprint density at radius 1 is 1.00 bits per heavy atom. The molecule has 3 rings (SSSR count). The molecule has 29 heavy (non-hydrogen) atoms. The quantitative estimate of drug-likeness (QED) is 0.398. The largest absolute Gasteiger partial charge is 0.483 e. The maximum absolute atomic E-state index is 11.9. The Kier molecular flexibility index (Phi) is 6.80. The predicted molar refractivity (Wildman–Crippen MR) is 112 cm³/mol. The van der Waals surface area contributed by atoms with Crippen LogP contribution in [0.5, 0.6) is 11.5 Å². The highest BCUT2D eigenvalue weighted by Gasteiger charge is 2.08. The van der Waals surface area contributed by atoms with Crippen molar-refractivity contribution in [2.45, 2.75) is 0 Å². The standard InChI is InChI=1S/C21H17BrN2O5/c22-21-17-4-2-1-3-15(17)7-10-18(21)29-12-19(25)24-23-11-14-5-8-16(9-6-14)28-13-20(26)27/h1-11H,12-13H2,(H,24,25)(H,26,27)/b23-11+. The third-order valence-electron chi connectivity index (χ3n) is 3.83. The number of hydrazone groups is 1. The summed E-state index contributed by atoms with van der Waals surface area (Å²) in [5.74, 6) is -0.443. The van der Waals surface area contributed by atoms with Gasteiger partial charge in [-0.1, -0.05) is 30.3 Å². The van der Waals surface area contributed by atoms with Crippen LogP contribution in [0.2, 0.25) is 0 Å². The lowest BCUT2D eigenvalue weighted by atomic mass is 10.1. The number of hydrogen-bond acceptors (Lipinski definition) is 5. The van der Waals surface area contributed by atoms with Crippen LogP contribution in [0.25, 0.3) is 10.8 Å². The molecule has 0 aromatic heterocycles. The van der Waals surface area contributed by atoms with Crippen LogP contribution in [0.3, 0.4) is 0 Å². The molecule has 0 saturated carbocycles. The van der Waals surface area contributed by atoms with E-state index in [-0.39, 0.29) is 6.61 Å². The summed E-state index contributed by atoms with van der Waals surface area (Å²) >= 11 is 3.51. The van der Waals surface area contributed by atoms with Crippen molar-refractivity contribution < 1.29 is 24.2 Å². The highest BCUT2D eigenvalue weighted by molar-refractivity contribution is 9.10. The summed E-state index contributed by atoms with van der Waals surface area (Å²) in [5.41, 5.74) is 3.11. The molecule has 0 aliphatic rings. The Morgan fingerprint density at radius 3 is 2.52 bits per heavy atom. The van der Waals surface area contributed by atoms with Crippen molar-refractivity contribution in [2.75, 3.05) is 13.2 Å². The van der Waals surface area contributed by atoms with Crippen LogP contribution in [0, 0.1) is 0 Å². The molecule has 0 bridgehead atoms. The summed E-state index contributed by atoms with van der Waals surface area (Å²) in [5, 5.41) is 14.5. The first-order chi connectivity index (χ1) is 14.0. The number of halogens is 1. The first kappa shape index (κ1) is 20.3. The van der Waals surface area contributed by atoms with Crippen molar-refractivity contribution in [2.24, 2.45) is 5.10 Å². The van der Waals surface area contributed by atoms with E-state index in [4.69, 9.17) is 14.6 Å². The highest BCUT2D eigenvalue weighted by atomic mass is 79.9. The minimum Gasteiger partial charge on any atom is -0.483 e. The van der Waals surface area contributed by atoms with Gasteiger partial charge < -0.3 is 14.6 Å². The molecular weight excluding hydrogens is 440 g/mol. The molecule has 0 aliphatic carbocycles. The van der Waals surface area contributed by atoms with Gasteiger partial charge in [-0.2, -0.15) is 5.10 Å². The number of carboxylic acids is 1. The minimum absolute atomic E-state index is 0.184. The molecule has 3 aromatic rings. The number of rotatable bonds is 8. The monoisotopic (exact) mass is 456 g/mol. The highest BCUT2D eigenvalue weighted by Crippen LogP contribution is 2.32. The van der Waals surface area contributed by atoms with Crippen LogP contribution in [0.1, 0.15) is 5.56 Å². The number of fused-ring (bicyclic) bond motifs is 1. The molecule has 8 heteroatoms. The van der Waals surface area contributed by atoms with Gasteiger partial charge in [0.15, 0.2) is 13.2 Å². The lowest BCUT2D eigenvalue weighted by Crippen LogP contribution is -2.24. The van der Waals surface area contributed by atoms with Crippen molar-refractivity contribution in [3.8, 4) is 11.5 Å². The zero-order valence-corrected chi connectivity index (χ0v) is 16.8. The fourth-order valence-electron chi connectivity index (χ4n) is 2.47. The summed E-state index contributed by atoms with van der Waals surface area (Å²) in [6.07, 6.45) is 1.46. The molecule has 148 valence electrons. The van der Waals surface area contributed by atoms with E-state index < -0.39 is 18.5 Å². The van der Waals surface area contributed by atoms with Gasteiger partial charge in [-0.3, -0.25) is 4.79 Å². The number of aliphatic carboxylic acids is 1. The summed E-state index contributed by atoms with van der Waals surface area (Å²) < 4.78 is 11.4. The van der Waals surface area contributed by atoms with Crippen LogP contribution in [0.4, 0.5) is 0 Å². The summed E-state index contributed by atoms with van der Waals surface area (Å²) in [7, 11) is 0. The first-order valence-corrected chi connectivity index (χ1v) is 9.39. The molecular formula is C21H17BrN2O5. The lowest BCUT2D eigenvalue weighted by molar-refractivity contribution is -0.139. The number of carbonyl (C=O) groups excluding carboxylic acids is 1. The van der Waals surface area contributed by atoms with E-state index >= 15 is 0 Å². The van der Waals surface area contributed by atoms with Crippen molar-refractivity contribution in [1.82, 2.24) is 5.43 Å². The van der Waals surface area contributed by atoms with Gasteiger partial charge in [-0.15, -0.1) is 0 Å². The maximum Gasteiger partial charge on any atom is 0.341 e. The third kappa shape index (κ3) is 5.79. The second kappa shape index (κ2) is 9.70. The fourth-order valence-corrected chi connectivity index (χ4v) is 3.08. The molecule has 0 spiro atoms. The van der Waals surface area contributed by atoms with Gasteiger partial charge in [-0.25, -0.2) is 10.2 Å². The van der Waals surface area contributed by atoms with Crippen LogP contribution in [-0.2, 0) is 9.59 Å². The van der Waals surface area contributed by atoms with Gasteiger partial charge in [0.1, 0.15) is 11.5 Å². The molecule has 0 unspecified atom stereocenters. The first-order valence-electron chi connectivity index (χ1n) is 8.59. The summed E-state index contributed by atoms with van der Waals surface area (Å²) in [6.45, 7) is -0.590. The Balaban J connectivity index is 1.50. The van der Waals surface area contributed by atoms with E-state index in [1.165, 1.54) is 6.21 Å². The second-order valence-electron chi connectivity index (χ2n) is 5.93. The molecule has 0 atom stereocenters. The molecule has 0 saturated heterocycles. The van der Waals surface area contributed by atoms with Crippen LogP contribution in [-0.4, -0.2) is 36.4 Å². The Hall–Kier alpha value is -3.39. The summed E-state index contributed by atoms with van der Waals surface area (Å²) in [4.78, 5) is 22.4. The second-order valence-corrected chi connectivity index (χ2v) is 6.73. The van der Waals surface area contributed by atoms with E-state index in [0.29, 0.717) is 17.1 Å². The number of carbonyl (C=O) groups is 2. The smallest absolute Gasteiger partial charge is 0.341 e. The Morgan fingerprint density at radius 2 is 1.76 bits per heavy atom. The van der Waals surface area contributed by atoms with E-state index in [1.54, 1.807) is 30.3 Å². The fraction of sp³-hybridized carbons (Fsp3) is 0.0952. The van der Waals surface area contributed by atoms with Crippen molar-refractivity contribution >= 4 is 44.8 Å². The number of carboxylic acid groups (broad SMARTS) is 1. The summed E-state index contributed by atoms with van der Waals surface area (Å²) in [6, 6.07) is 18.2. The van der Waals surface area contributed by atoms with Crippen molar-refractivity contribution in [3.05, 3.63) is 70.7 Å². The third-order valence-corrected chi connectivity index (χ3v) is 4.65. The maximum atomic E-state index is 11.9. The van der Waals surface area contributed by atoms with Gasteiger partial charge in [0.2, 0.25) is 0 Å². The minimum atomic E-state index is -1.05. The lowest BCUT2D eigenvalue weighted by Gasteiger charge is -2.09. The van der Waals surface area contributed by atoms with Gasteiger partial charge >= 0.3 is 5.97 Å². The van der Waals surface area contributed by atoms with Gasteiger partial charge in [0.25, 0.3) is 5.91 Å². The predicted octanol–water partition coefficient (Wildman–Crippen LogP) is 3.59. The van der Waals surface area contributed by atoms with Gasteiger partial charge in [-0.05, 0) is 62.6 Å². The Bertz CT molecular complexity index is 1050. The number of ether oxygens (including phenoxy) is 2. The molecule has 0 radical (unpaired) electrons. The number of amides is 1. The average Bonchev–Trinajstić information content (AvgIpc) is 2.73. The van der Waals surface area contributed by atoms with Crippen molar-refractivity contribution in [3.63, 3.8) is 0 Å². The van der Waals surface area contributed by atoms with E-state index in [0.717, 1.165) is 15.2 Å². The SMILES string of the molecule is O=C(O)COc1ccc(/C=N/NC(=O)COc2ccc3ccccc3c2Br)cc1. The zero-order chi connectivity index (χ0) is 20.6. The van der Waals surface area contributed by atoms with E-state index in [1.807, 2.05) is 30.3 Å². The van der Waals surface area contributed by atoms with Gasteiger partial charge in [0, 0.05) is 0 Å². The topological polar surface area (TPSA) is 97.2 Å². The number of nitrogens with one attached hydrogen (secondary N) is 1. The molecule has 0 heterocycles. The Labute approximate surface area is 175 Å². The number of benzene rings is 3. The van der Waals surface area contributed by atoms with E-state index in [2.05, 4.69) is 26.5 Å². The van der Waals surface area contributed by atoms with Crippen molar-refractivity contribution in [1.29, 1.82) is 0 Å². The molecule has 2 N–H and O–H groups in total. The molecule has 0 fully saturated rings. The average molecular weight is 457 g/mol. The number of nitrogens with zero attached hydrogens (tertiary/aromatic N) is 1. The number of hydrogen-bond donors (Lipinski definition) is 2. The van der Waals surface area contributed by atoms with Crippen LogP contribution >= 0.6 is 15.9 Å².